The summed E-state index contributed by atoms with van der Waals surface area (Å²) in [6.07, 6.45) is 1.68. The van der Waals surface area contributed by atoms with Crippen molar-refractivity contribution in [2.75, 3.05) is 39.4 Å². The highest BCUT2D eigenvalue weighted by atomic mass is 32.2. The third kappa shape index (κ3) is 4.87. The first-order valence-electron chi connectivity index (χ1n) is 10.4. The monoisotopic (exact) mass is 429 g/mol. The van der Waals surface area contributed by atoms with Gasteiger partial charge in [0.1, 0.15) is 5.76 Å². The molecule has 1 atom stereocenters. The molecule has 2 fully saturated rings. The normalized spacial score (nSPS) is 19.7. The van der Waals surface area contributed by atoms with E-state index >= 15 is 0 Å². The van der Waals surface area contributed by atoms with Crippen LogP contribution in [0.4, 0.5) is 0 Å². The van der Waals surface area contributed by atoms with Gasteiger partial charge < -0.3 is 19.1 Å². The first-order chi connectivity index (χ1) is 14.6. The SMILES string of the molecule is Cc1cc(CSc2ccccc2C(=O)N2CCCC(C(=O)N3CCOCC3)C2)on1. The van der Waals surface area contributed by atoms with Crippen molar-refractivity contribution in [3.05, 3.63) is 47.3 Å². The van der Waals surface area contributed by atoms with E-state index in [0.29, 0.717) is 50.7 Å². The molecule has 0 spiro atoms. The Morgan fingerprint density at radius 1 is 1.17 bits per heavy atom. The molecule has 2 aliphatic heterocycles. The van der Waals surface area contributed by atoms with E-state index < -0.39 is 0 Å². The molecule has 4 rings (SSSR count). The van der Waals surface area contributed by atoms with Gasteiger partial charge >= 0.3 is 0 Å². The van der Waals surface area contributed by atoms with Crippen LogP contribution in [0.3, 0.4) is 0 Å². The molecule has 3 heterocycles. The van der Waals surface area contributed by atoms with Gasteiger partial charge in [-0.2, -0.15) is 0 Å². The van der Waals surface area contributed by atoms with E-state index in [1.807, 2.05) is 47.1 Å². The lowest BCUT2D eigenvalue weighted by atomic mass is 9.95. The van der Waals surface area contributed by atoms with Crippen LogP contribution in [0.25, 0.3) is 0 Å². The topological polar surface area (TPSA) is 75.9 Å². The summed E-state index contributed by atoms with van der Waals surface area (Å²) in [4.78, 5) is 30.8. The standard InChI is InChI=1S/C22H27N3O4S/c1-16-13-18(29-23-16)15-30-20-7-3-2-6-19(20)22(27)25-8-4-5-17(14-25)21(26)24-9-11-28-12-10-24/h2-3,6-7,13,17H,4-5,8-12,14-15H2,1H3. The second kappa shape index (κ2) is 9.66. The lowest BCUT2D eigenvalue weighted by molar-refractivity contribution is -0.141. The minimum atomic E-state index is -0.127. The van der Waals surface area contributed by atoms with Crippen molar-refractivity contribution in [3.8, 4) is 0 Å². The minimum absolute atomic E-state index is 0.00803. The number of aryl methyl sites for hydroxylation is 1. The summed E-state index contributed by atoms with van der Waals surface area (Å²) in [5, 5.41) is 3.92. The van der Waals surface area contributed by atoms with E-state index in [-0.39, 0.29) is 17.7 Å². The van der Waals surface area contributed by atoms with Crippen molar-refractivity contribution in [1.82, 2.24) is 15.0 Å². The number of rotatable bonds is 5. The highest BCUT2D eigenvalue weighted by Crippen LogP contribution is 2.29. The predicted molar refractivity (Wildman–Crippen MR) is 113 cm³/mol. The zero-order valence-electron chi connectivity index (χ0n) is 17.2. The average molecular weight is 430 g/mol. The third-order valence-corrected chi connectivity index (χ3v) is 6.64. The van der Waals surface area contributed by atoms with E-state index in [4.69, 9.17) is 9.26 Å². The number of piperidine rings is 1. The third-order valence-electron chi connectivity index (χ3n) is 5.54. The quantitative estimate of drug-likeness (QED) is 0.680. The number of carbonyl (C=O) groups excluding carboxylic acids is 2. The number of morpholine rings is 1. The molecule has 0 bridgehead atoms. The number of ether oxygens (including phenoxy) is 1. The van der Waals surface area contributed by atoms with E-state index in [0.717, 1.165) is 29.2 Å². The van der Waals surface area contributed by atoms with Gasteiger partial charge in [-0.15, -0.1) is 11.8 Å². The van der Waals surface area contributed by atoms with Gasteiger partial charge in [-0.1, -0.05) is 17.3 Å². The number of nitrogens with zero attached hydrogens (tertiary/aromatic N) is 3. The number of likely N-dealkylation sites (tertiary alicyclic amines) is 1. The Balaban J connectivity index is 1.42. The van der Waals surface area contributed by atoms with Gasteiger partial charge in [0, 0.05) is 37.1 Å². The van der Waals surface area contributed by atoms with Gasteiger partial charge in [0.05, 0.1) is 36.1 Å². The van der Waals surface area contributed by atoms with Crippen molar-refractivity contribution in [3.63, 3.8) is 0 Å². The van der Waals surface area contributed by atoms with Crippen LogP contribution >= 0.6 is 11.8 Å². The number of carbonyl (C=O) groups is 2. The second-order valence-electron chi connectivity index (χ2n) is 7.75. The molecule has 1 aromatic heterocycles. The summed E-state index contributed by atoms with van der Waals surface area (Å²) < 4.78 is 10.6. The van der Waals surface area contributed by atoms with Crippen molar-refractivity contribution < 1.29 is 18.8 Å². The zero-order chi connectivity index (χ0) is 20.9. The van der Waals surface area contributed by atoms with Crippen molar-refractivity contribution in [2.24, 2.45) is 5.92 Å². The summed E-state index contributed by atoms with van der Waals surface area (Å²) in [6.45, 7) is 5.53. The lowest BCUT2D eigenvalue weighted by Gasteiger charge is -2.36. The van der Waals surface area contributed by atoms with Crippen LogP contribution in [-0.4, -0.2) is 66.2 Å². The summed E-state index contributed by atoms with van der Waals surface area (Å²) in [6, 6.07) is 9.55. The number of hydrogen-bond acceptors (Lipinski definition) is 6. The summed E-state index contributed by atoms with van der Waals surface area (Å²) >= 11 is 1.57. The van der Waals surface area contributed by atoms with Gasteiger partial charge in [0.25, 0.3) is 5.91 Å². The van der Waals surface area contributed by atoms with Crippen LogP contribution in [0.5, 0.6) is 0 Å². The minimum Gasteiger partial charge on any atom is -0.378 e. The molecule has 0 N–H and O–H groups in total. The smallest absolute Gasteiger partial charge is 0.255 e. The van der Waals surface area contributed by atoms with Crippen molar-refractivity contribution in [1.29, 1.82) is 0 Å². The zero-order valence-corrected chi connectivity index (χ0v) is 18.0. The maximum absolute atomic E-state index is 13.3. The fourth-order valence-electron chi connectivity index (χ4n) is 3.98. The Kier molecular flexibility index (Phi) is 6.74. The molecule has 8 heteroatoms. The maximum Gasteiger partial charge on any atom is 0.255 e. The van der Waals surface area contributed by atoms with E-state index in [1.54, 1.807) is 11.8 Å². The van der Waals surface area contributed by atoms with Crippen LogP contribution < -0.4 is 0 Å². The van der Waals surface area contributed by atoms with Gasteiger partial charge in [0.2, 0.25) is 5.91 Å². The molecule has 2 aliphatic rings. The van der Waals surface area contributed by atoms with E-state index in [1.165, 1.54) is 0 Å². The summed E-state index contributed by atoms with van der Waals surface area (Å²) in [5.41, 5.74) is 1.53. The first kappa shape index (κ1) is 20.9. The molecule has 30 heavy (non-hydrogen) atoms. The molecule has 0 aliphatic carbocycles. The Morgan fingerprint density at radius 3 is 2.73 bits per heavy atom. The number of benzene rings is 1. The second-order valence-corrected chi connectivity index (χ2v) is 8.76. The molecular formula is C22H27N3O4S. The largest absolute Gasteiger partial charge is 0.378 e. The molecule has 0 saturated carbocycles. The Labute approximate surface area is 180 Å². The Morgan fingerprint density at radius 2 is 1.97 bits per heavy atom. The van der Waals surface area contributed by atoms with E-state index in [2.05, 4.69) is 5.16 Å². The van der Waals surface area contributed by atoms with Crippen LogP contribution in [-0.2, 0) is 15.3 Å². The van der Waals surface area contributed by atoms with Crippen LogP contribution in [0.2, 0.25) is 0 Å². The molecular weight excluding hydrogens is 402 g/mol. The molecule has 7 nitrogen and oxygen atoms in total. The predicted octanol–water partition coefficient (Wildman–Crippen LogP) is 2.99. The maximum atomic E-state index is 13.3. The van der Waals surface area contributed by atoms with E-state index in [9.17, 15) is 9.59 Å². The molecule has 2 aromatic rings. The van der Waals surface area contributed by atoms with Gasteiger partial charge in [-0.3, -0.25) is 9.59 Å². The Hall–Kier alpha value is -2.32. The Bertz CT molecular complexity index is 894. The van der Waals surface area contributed by atoms with Gasteiger partial charge in [0.15, 0.2) is 0 Å². The summed E-state index contributed by atoms with van der Waals surface area (Å²) in [7, 11) is 0. The molecule has 1 aromatic carbocycles. The molecule has 2 saturated heterocycles. The van der Waals surface area contributed by atoms with Crippen LogP contribution in [0.1, 0.15) is 34.7 Å². The molecule has 0 radical (unpaired) electrons. The number of amides is 2. The first-order valence-corrected chi connectivity index (χ1v) is 11.4. The van der Waals surface area contributed by atoms with Crippen LogP contribution in [0, 0.1) is 12.8 Å². The van der Waals surface area contributed by atoms with Gasteiger partial charge in [-0.25, -0.2) is 0 Å². The van der Waals surface area contributed by atoms with Crippen LogP contribution in [0.15, 0.2) is 39.8 Å². The summed E-state index contributed by atoms with van der Waals surface area (Å²) in [5.74, 6) is 1.42. The number of hydrogen-bond donors (Lipinski definition) is 0. The highest BCUT2D eigenvalue weighted by molar-refractivity contribution is 7.98. The fourth-order valence-corrected chi connectivity index (χ4v) is 4.90. The average Bonchev–Trinajstić information content (AvgIpc) is 3.22. The number of thioether (sulfide) groups is 1. The number of aromatic nitrogens is 1. The molecule has 2 amide bonds. The van der Waals surface area contributed by atoms with Gasteiger partial charge in [-0.05, 0) is 31.9 Å². The lowest BCUT2D eigenvalue weighted by Crippen LogP contribution is -2.49. The molecule has 160 valence electrons. The molecule has 1 unspecified atom stereocenters. The van der Waals surface area contributed by atoms with Crippen molar-refractivity contribution >= 4 is 23.6 Å². The fraction of sp³-hybridized carbons (Fsp3) is 0.500. The highest BCUT2D eigenvalue weighted by Gasteiger charge is 2.32. The van der Waals surface area contributed by atoms with Crippen molar-refractivity contribution in [2.45, 2.75) is 30.4 Å².